The maximum Gasteiger partial charge on any atom is 0.243 e. The van der Waals surface area contributed by atoms with Gasteiger partial charge in [0, 0.05) is 27.2 Å². The monoisotopic (exact) mass is 272 g/mol. The molecule has 1 rings (SSSR count). The van der Waals surface area contributed by atoms with Crippen molar-refractivity contribution in [3.05, 3.63) is 29.3 Å². The number of aryl methyl sites for hydroxylation is 1. The second-order valence-corrected chi connectivity index (χ2v) is 6.14. The maximum atomic E-state index is 12.4. The van der Waals surface area contributed by atoms with E-state index in [1.807, 2.05) is 6.07 Å². The number of ether oxygens (including phenoxy) is 1. The van der Waals surface area contributed by atoms with Crippen LogP contribution in [0.2, 0.25) is 0 Å². The molecule has 102 valence electrons. The summed E-state index contributed by atoms with van der Waals surface area (Å²) in [5, 5.41) is 0. The SMILES string of the molecule is COCCN(C)S(=O)(=O)c1cc(CN)ccc1C. The third-order valence-electron chi connectivity index (χ3n) is 2.79. The summed E-state index contributed by atoms with van der Waals surface area (Å²) in [4.78, 5) is 0.309. The Kier molecular flexibility index (Phi) is 5.28. The van der Waals surface area contributed by atoms with Gasteiger partial charge in [-0.25, -0.2) is 8.42 Å². The van der Waals surface area contributed by atoms with Crippen LogP contribution >= 0.6 is 0 Å². The van der Waals surface area contributed by atoms with Crippen LogP contribution in [0.5, 0.6) is 0 Å². The van der Waals surface area contributed by atoms with Crippen LogP contribution in [-0.2, 0) is 21.3 Å². The molecular weight excluding hydrogens is 252 g/mol. The van der Waals surface area contributed by atoms with Crippen LogP contribution < -0.4 is 5.73 Å². The Bertz CT molecular complexity index is 500. The Morgan fingerprint density at radius 3 is 2.61 bits per heavy atom. The van der Waals surface area contributed by atoms with Gasteiger partial charge in [-0.05, 0) is 24.1 Å². The predicted molar refractivity (Wildman–Crippen MR) is 70.8 cm³/mol. The minimum absolute atomic E-state index is 0.309. The fourth-order valence-corrected chi connectivity index (χ4v) is 2.98. The van der Waals surface area contributed by atoms with Crippen LogP contribution in [0, 0.1) is 6.92 Å². The van der Waals surface area contributed by atoms with Crippen molar-refractivity contribution in [3.8, 4) is 0 Å². The Morgan fingerprint density at radius 1 is 1.39 bits per heavy atom. The third-order valence-corrected chi connectivity index (χ3v) is 4.79. The molecule has 2 N–H and O–H groups in total. The van der Waals surface area contributed by atoms with Crippen LogP contribution in [0.25, 0.3) is 0 Å². The largest absolute Gasteiger partial charge is 0.383 e. The van der Waals surface area contributed by atoms with Gasteiger partial charge in [0.15, 0.2) is 0 Å². The van der Waals surface area contributed by atoms with E-state index in [2.05, 4.69) is 0 Å². The van der Waals surface area contributed by atoms with Gasteiger partial charge in [0.1, 0.15) is 0 Å². The highest BCUT2D eigenvalue weighted by Crippen LogP contribution is 2.20. The first kappa shape index (κ1) is 15.1. The van der Waals surface area contributed by atoms with Gasteiger partial charge in [-0.2, -0.15) is 4.31 Å². The number of hydrogen-bond acceptors (Lipinski definition) is 4. The summed E-state index contributed by atoms with van der Waals surface area (Å²) >= 11 is 0. The molecule has 0 fully saturated rings. The van der Waals surface area contributed by atoms with Crippen molar-refractivity contribution in [2.24, 2.45) is 5.73 Å². The fraction of sp³-hybridized carbons (Fsp3) is 0.500. The lowest BCUT2D eigenvalue weighted by molar-refractivity contribution is 0.185. The highest BCUT2D eigenvalue weighted by molar-refractivity contribution is 7.89. The summed E-state index contributed by atoms with van der Waals surface area (Å²) < 4.78 is 30.9. The molecule has 0 amide bonds. The molecular formula is C12H20N2O3S. The minimum Gasteiger partial charge on any atom is -0.383 e. The summed E-state index contributed by atoms with van der Waals surface area (Å²) in [6, 6.07) is 5.25. The number of methoxy groups -OCH3 is 1. The molecule has 0 saturated carbocycles. The smallest absolute Gasteiger partial charge is 0.243 e. The lowest BCUT2D eigenvalue weighted by atomic mass is 10.1. The van der Waals surface area contributed by atoms with Crippen molar-refractivity contribution < 1.29 is 13.2 Å². The van der Waals surface area contributed by atoms with E-state index < -0.39 is 10.0 Å². The lowest BCUT2D eigenvalue weighted by Crippen LogP contribution is -2.30. The van der Waals surface area contributed by atoms with Crippen molar-refractivity contribution in [1.82, 2.24) is 4.31 Å². The topological polar surface area (TPSA) is 72.6 Å². The number of nitrogens with zero attached hydrogens (tertiary/aromatic N) is 1. The standard InChI is InChI=1S/C12H20N2O3S/c1-10-4-5-11(9-13)8-12(10)18(15,16)14(2)6-7-17-3/h4-5,8H,6-7,9,13H2,1-3H3. The first-order chi connectivity index (χ1) is 8.43. The predicted octanol–water partition coefficient (Wildman–Crippen LogP) is 0.721. The van der Waals surface area contributed by atoms with Gasteiger partial charge in [0.25, 0.3) is 0 Å². The van der Waals surface area contributed by atoms with Crippen LogP contribution in [0.4, 0.5) is 0 Å². The lowest BCUT2D eigenvalue weighted by Gasteiger charge is -2.18. The average molecular weight is 272 g/mol. The van der Waals surface area contributed by atoms with Gasteiger partial charge in [0.05, 0.1) is 11.5 Å². The molecule has 0 aromatic heterocycles. The Labute approximate surface area is 109 Å². The zero-order chi connectivity index (χ0) is 13.8. The number of sulfonamides is 1. The second-order valence-electron chi connectivity index (χ2n) is 4.12. The molecule has 0 aliphatic heterocycles. The molecule has 0 aliphatic carbocycles. The molecule has 1 aromatic rings. The molecule has 0 spiro atoms. The van der Waals surface area contributed by atoms with E-state index in [-0.39, 0.29) is 0 Å². The number of rotatable bonds is 6. The normalized spacial score (nSPS) is 12.1. The first-order valence-electron chi connectivity index (χ1n) is 5.68. The van der Waals surface area contributed by atoms with E-state index in [9.17, 15) is 8.42 Å². The summed E-state index contributed by atoms with van der Waals surface area (Å²) in [6.45, 7) is 2.79. The molecule has 6 heteroatoms. The highest BCUT2D eigenvalue weighted by atomic mass is 32.2. The van der Waals surface area contributed by atoms with Crippen molar-refractivity contribution in [1.29, 1.82) is 0 Å². The van der Waals surface area contributed by atoms with Gasteiger partial charge in [-0.3, -0.25) is 0 Å². The zero-order valence-corrected chi connectivity index (χ0v) is 11.8. The minimum atomic E-state index is -3.48. The number of hydrogen-bond donors (Lipinski definition) is 1. The summed E-state index contributed by atoms with van der Waals surface area (Å²) in [7, 11) is -0.390. The Balaban J connectivity index is 3.11. The Morgan fingerprint density at radius 2 is 2.06 bits per heavy atom. The number of benzene rings is 1. The van der Waals surface area contributed by atoms with E-state index in [0.717, 1.165) is 11.1 Å². The Hall–Kier alpha value is -0.950. The van der Waals surface area contributed by atoms with E-state index >= 15 is 0 Å². The van der Waals surface area contributed by atoms with Gasteiger partial charge in [0.2, 0.25) is 10.0 Å². The van der Waals surface area contributed by atoms with Gasteiger partial charge in [-0.15, -0.1) is 0 Å². The number of nitrogens with two attached hydrogens (primary N) is 1. The summed E-state index contributed by atoms with van der Waals surface area (Å²) in [5.41, 5.74) is 7.06. The van der Waals surface area contributed by atoms with Crippen LogP contribution in [-0.4, -0.2) is 40.0 Å². The van der Waals surface area contributed by atoms with Crippen molar-refractivity contribution in [2.75, 3.05) is 27.3 Å². The van der Waals surface area contributed by atoms with Gasteiger partial charge in [-0.1, -0.05) is 12.1 Å². The van der Waals surface area contributed by atoms with E-state index in [4.69, 9.17) is 10.5 Å². The third kappa shape index (κ3) is 3.29. The average Bonchev–Trinajstić information content (AvgIpc) is 2.36. The summed E-state index contributed by atoms with van der Waals surface area (Å²) in [6.07, 6.45) is 0. The maximum absolute atomic E-state index is 12.4. The molecule has 0 bridgehead atoms. The molecule has 0 aliphatic rings. The van der Waals surface area contributed by atoms with Crippen molar-refractivity contribution in [2.45, 2.75) is 18.4 Å². The number of likely N-dealkylation sites (N-methyl/N-ethyl adjacent to an activating group) is 1. The van der Waals surface area contributed by atoms with E-state index in [0.29, 0.717) is 24.6 Å². The van der Waals surface area contributed by atoms with Crippen molar-refractivity contribution in [3.63, 3.8) is 0 Å². The molecule has 0 saturated heterocycles. The molecule has 0 atom stereocenters. The van der Waals surface area contributed by atoms with Gasteiger partial charge >= 0.3 is 0 Å². The zero-order valence-electron chi connectivity index (χ0n) is 11.0. The fourth-order valence-electron chi connectivity index (χ4n) is 1.56. The highest BCUT2D eigenvalue weighted by Gasteiger charge is 2.22. The van der Waals surface area contributed by atoms with E-state index in [1.54, 1.807) is 33.2 Å². The molecule has 18 heavy (non-hydrogen) atoms. The van der Waals surface area contributed by atoms with Crippen molar-refractivity contribution >= 4 is 10.0 Å². The quantitative estimate of drug-likeness (QED) is 0.828. The van der Waals surface area contributed by atoms with Crippen LogP contribution in [0.1, 0.15) is 11.1 Å². The molecule has 0 heterocycles. The van der Waals surface area contributed by atoms with Gasteiger partial charge < -0.3 is 10.5 Å². The van der Waals surface area contributed by atoms with E-state index in [1.165, 1.54) is 4.31 Å². The van der Waals surface area contributed by atoms with Crippen LogP contribution in [0.15, 0.2) is 23.1 Å². The second kappa shape index (κ2) is 6.29. The molecule has 1 aromatic carbocycles. The first-order valence-corrected chi connectivity index (χ1v) is 7.12. The molecule has 0 unspecified atom stereocenters. The summed E-state index contributed by atoms with van der Waals surface area (Å²) in [5.74, 6) is 0. The molecule has 5 nitrogen and oxygen atoms in total. The van der Waals surface area contributed by atoms with Crippen LogP contribution in [0.3, 0.4) is 0 Å². The molecule has 0 radical (unpaired) electrons.